The third kappa shape index (κ3) is 4.73. The number of hydrogen-bond donors (Lipinski definition) is 0. The Bertz CT molecular complexity index is 192. The van der Waals surface area contributed by atoms with Crippen LogP contribution < -0.4 is 0 Å². The van der Waals surface area contributed by atoms with E-state index in [9.17, 15) is 4.79 Å². The summed E-state index contributed by atoms with van der Waals surface area (Å²) in [7, 11) is 1.36. The van der Waals surface area contributed by atoms with Crippen LogP contribution in [0.1, 0.15) is 6.42 Å². The van der Waals surface area contributed by atoms with E-state index in [2.05, 4.69) is 30.0 Å². The molecule has 0 spiro atoms. The van der Waals surface area contributed by atoms with Gasteiger partial charge in [0.15, 0.2) is 0 Å². The fourth-order valence-corrected chi connectivity index (χ4v) is 1.39. The van der Waals surface area contributed by atoms with Gasteiger partial charge in [-0.2, -0.15) is 0 Å². The van der Waals surface area contributed by atoms with Crippen molar-refractivity contribution in [1.29, 1.82) is 0 Å². The Morgan fingerprint density at radius 1 is 1.83 bits per heavy atom. The van der Waals surface area contributed by atoms with Gasteiger partial charge in [-0.1, -0.05) is 0 Å². The number of carbonyl (C=O) groups excluding carboxylic acids is 1. The van der Waals surface area contributed by atoms with Crippen LogP contribution in [0.5, 0.6) is 0 Å². The van der Waals surface area contributed by atoms with Gasteiger partial charge in [-0.05, 0) is 0 Å². The normalized spacial score (nSPS) is 11.5. The molecule has 0 amide bonds. The van der Waals surface area contributed by atoms with Crippen molar-refractivity contribution in [3.63, 3.8) is 0 Å². The first-order valence-electron chi connectivity index (χ1n) is 3.40. The van der Waals surface area contributed by atoms with Crippen LogP contribution >= 0.6 is 11.8 Å². The van der Waals surface area contributed by atoms with Gasteiger partial charge in [0.1, 0.15) is 0 Å². The Hall–Kier alpha value is -0.0805. The predicted molar refractivity (Wildman–Crippen MR) is 52.0 cm³/mol. The zero-order valence-electron chi connectivity index (χ0n) is 7.07. The predicted octanol–water partition coefficient (Wildman–Crippen LogP) is 0.355. The van der Waals surface area contributed by atoms with Crippen molar-refractivity contribution in [3.05, 3.63) is 0 Å². The number of nitrogens with zero attached hydrogens (tertiary/aromatic N) is 1. The summed E-state index contributed by atoms with van der Waals surface area (Å²) in [5.74, 6) is 0.595. The van der Waals surface area contributed by atoms with Crippen molar-refractivity contribution in [3.8, 4) is 0 Å². The molecule has 1 atom stereocenters. The molecule has 0 aliphatic carbocycles. The summed E-state index contributed by atoms with van der Waals surface area (Å²) in [5.41, 5.74) is 0. The van der Waals surface area contributed by atoms with Crippen molar-refractivity contribution < 1.29 is 9.53 Å². The molecule has 0 N–H and O–H groups in total. The van der Waals surface area contributed by atoms with E-state index in [0.717, 1.165) is 5.75 Å². The average molecular weight is 252 g/mol. The van der Waals surface area contributed by atoms with Crippen molar-refractivity contribution in [2.24, 2.45) is 4.99 Å². The molecule has 0 aromatic carbocycles. The standard InChI is InChI=1S/C7H11NO2SSe/c1-10-7(9)6(8-5-12)3-4-11-2/h6H,3-4H2,1-2H3/t6-/m0/s1. The molecule has 0 radical (unpaired) electrons. The number of carbonyl (C=O) groups is 1. The molecule has 0 heterocycles. The minimum absolute atomic E-state index is 0.299. The quantitative estimate of drug-likeness (QED) is 0.403. The number of methoxy groups -OCH3 is 1. The second-order valence-electron chi connectivity index (χ2n) is 2.04. The molecule has 3 nitrogen and oxygen atoms in total. The summed E-state index contributed by atoms with van der Waals surface area (Å²) in [5, 5.41) is 0. The molecule has 0 unspecified atom stereocenters. The summed E-state index contributed by atoms with van der Waals surface area (Å²) in [4.78, 5) is 14.9. The zero-order valence-corrected chi connectivity index (χ0v) is 9.60. The Labute approximate surface area is 84.3 Å². The molecule has 0 saturated carbocycles. The van der Waals surface area contributed by atoms with Crippen LogP contribution in [0.4, 0.5) is 0 Å². The summed E-state index contributed by atoms with van der Waals surface area (Å²) >= 11 is 4.18. The van der Waals surface area contributed by atoms with Crippen LogP contribution in [0.15, 0.2) is 4.99 Å². The Morgan fingerprint density at radius 3 is 2.92 bits per heavy atom. The van der Waals surface area contributed by atoms with Gasteiger partial charge < -0.3 is 0 Å². The topological polar surface area (TPSA) is 38.7 Å². The molecule has 0 aliphatic rings. The first kappa shape index (κ1) is 11.9. The molecular weight excluding hydrogens is 241 g/mol. The Kier molecular flexibility index (Phi) is 7.51. The van der Waals surface area contributed by atoms with E-state index in [1.54, 1.807) is 11.8 Å². The molecule has 0 bridgehead atoms. The first-order chi connectivity index (χ1) is 5.76. The van der Waals surface area contributed by atoms with E-state index in [1.807, 2.05) is 6.26 Å². The van der Waals surface area contributed by atoms with Crippen molar-refractivity contribution in [1.82, 2.24) is 0 Å². The fraction of sp³-hybridized carbons (Fsp3) is 0.714. The molecule has 68 valence electrons. The molecule has 0 saturated heterocycles. The van der Waals surface area contributed by atoms with Crippen molar-refractivity contribution in [2.75, 3.05) is 19.1 Å². The molecule has 0 aromatic heterocycles. The zero-order chi connectivity index (χ0) is 9.40. The monoisotopic (exact) mass is 253 g/mol. The summed E-state index contributed by atoms with van der Waals surface area (Å²) in [6.07, 6.45) is 2.68. The SMILES string of the molecule is COC(=O)[C@H](CCSC)N=C=[Se]. The number of esters is 1. The van der Waals surface area contributed by atoms with Gasteiger partial charge in [0, 0.05) is 0 Å². The van der Waals surface area contributed by atoms with Crippen molar-refractivity contribution in [2.45, 2.75) is 12.5 Å². The molecule has 0 aliphatic heterocycles. The van der Waals surface area contributed by atoms with E-state index in [4.69, 9.17) is 0 Å². The second kappa shape index (κ2) is 7.56. The Balaban J connectivity index is 4.03. The van der Waals surface area contributed by atoms with Crippen LogP contribution in [-0.4, -0.2) is 51.4 Å². The summed E-state index contributed by atoms with van der Waals surface area (Å²) in [6.45, 7) is 0. The van der Waals surface area contributed by atoms with E-state index in [-0.39, 0.29) is 5.97 Å². The maximum absolute atomic E-state index is 11.0. The number of hydrogen-bond acceptors (Lipinski definition) is 4. The van der Waals surface area contributed by atoms with E-state index in [1.165, 1.54) is 7.11 Å². The van der Waals surface area contributed by atoms with Gasteiger partial charge in [0.05, 0.1) is 0 Å². The third-order valence-electron chi connectivity index (χ3n) is 1.28. The average Bonchev–Trinajstić information content (AvgIpc) is 2.11. The van der Waals surface area contributed by atoms with Gasteiger partial charge in [-0.15, -0.1) is 0 Å². The molecular formula is C7H11NO2SSe. The van der Waals surface area contributed by atoms with E-state index < -0.39 is 6.04 Å². The second-order valence-corrected chi connectivity index (χ2v) is 3.41. The summed E-state index contributed by atoms with van der Waals surface area (Å²) < 4.78 is 7.05. The molecule has 0 fully saturated rings. The molecule has 5 heteroatoms. The number of thioether (sulfide) groups is 1. The van der Waals surface area contributed by atoms with Crippen LogP contribution in [0.2, 0.25) is 0 Å². The van der Waals surface area contributed by atoms with Gasteiger partial charge in [-0.25, -0.2) is 0 Å². The molecule has 12 heavy (non-hydrogen) atoms. The molecule has 0 aromatic rings. The Morgan fingerprint density at radius 2 is 2.50 bits per heavy atom. The number of aliphatic imine (C=N–C) groups is 1. The number of ether oxygens (including phenoxy) is 1. The first-order valence-corrected chi connectivity index (χ1v) is 5.65. The van der Waals surface area contributed by atoms with E-state index in [0.29, 0.717) is 6.42 Å². The van der Waals surface area contributed by atoms with Crippen molar-refractivity contribution >= 4 is 38.0 Å². The van der Waals surface area contributed by atoms with E-state index >= 15 is 0 Å². The fourth-order valence-electron chi connectivity index (χ4n) is 0.664. The number of rotatable bonds is 5. The van der Waals surface area contributed by atoms with Gasteiger partial charge in [0.2, 0.25) is 0 Å². The van der Waals surface area contributed by atoms with Gasteiger partial charge >= 0.3 is 84.1 Å². The van der Waals surface area contributed by atoms with Gasteiger partial charge in [0.25, 0.3) is 0 Å². The van der Waals surface area contributed by atoms with Crippen LogP contribution in [0.25, 0.3) is 0 Å². The van der Waals surface area contributed by atoms with Gasteiger partial charge in [-0.3, -0.25) is 0 Å². The minimum atomic E-state index is -0.399. The van der Waals surface area contributed by atoms with Crippen LogP contribution in [0.3, 0.4) is 0 Å². The summed E-state index contributed by atoms with van der Waals surface area (Å²) in [6, 6.07) is -0.399. The van der Waals surface area contributed by atoms with Crippen LogP contribution in [0, 0.1) is 0 Å². The third-order valence-corrected chi connectivity index (χ3v) is 2.14. The maximum atomic E-state index is 11.0. The molecule has 0 rings (SSSR count). The van der Waals surface area contributed by atoms with Crippen LogP contribution in [-0.2, 0) is 9.53 Å².